The zero-order chi connectivity index (χ0) is 28.5. The second kappa shape index (κ2) is 11.6. The normalized spacial score (nSPS) is 23.3. The minimum atomic E-state index is -3.60. The number of aliphatic carboxylic acids is 1. The van der Waals surface area contributed by atoms with E-state index in [9.17, 15) is 23.1 Å². The fourth-order valence-electron chi connectivity index (χ4n) is 5.45. The van der Waals surface area contributed by atoms with E-state index in [4.69, 9.17) is 23.2 Å². The van der Waals surface area contributed by atoms with Gasteiger partial charge in [-0.15, -0.1) is 0 Å². The van der Waals surface area contributed by atoms with Crippen molar-refractivity contribution in [3.8, 4) is 0 Å². The molecule has 0 aliphatic carbocycles. The van der Waals surface area contributed by atoms with Crippen molar-refractivity contribution in [2.24, 2.45) is 5.41 Å². The number of carbonyl (C=O) groups is 2. The summed E-state index contributed by atoms with van der Waals surface area (Å²) in [6.07, 6.45) is 0.647. The molecule has 1 saturated heterocycles. The molecule has 9 heteroatoms. The molecule has 1 amide bonds. The van der Waals surface area contributed by atoms with E-state index in [1.165, 1.54) is 0 Å². The van der Waals surface area contributed by atoms with Crippen LogP contribution in [-0.2, 0) is 19.4 Å². The van der Waals surface area contributed by atoms with Gasteiger partial charge >= 0.3 is 5.97 Å². The summed E-state index contributed by atoms with van der Waals surface area (Å²) < 4.78 is 25.8. The Balaban J connectivity index is 2.31. The highest BCUT2D eigenvalue weighted by Gasteiger charge is 2.54. The standard InChI is InChI=1S/C29H37Cl2NO5S/c1-6-23(18-38(36,37)28(3,4)5)32-26(19-11-13-21(30)14-12-19)24(20-9-8-10-22(31)15-20)16-29(7-2,27(32)35)17-25(33)34/h8-15,23-24,26H,6-7,16-18H2,1-5H3,(H,33,34). The number of carboxylic acids is 1. The van der Waals surface area contributed by atoms with E-state index < -0.39 is 38.1 Å². The number of hydrogen-bond donors (Lipinski definition) is 1. The van der Waals surface area contributed by atoms with Crippen molar-refractivity contribution in [3.63, 3.8) is 0 Å². The second-order valence-corrected chi connectivity index (χ2v) is 14.9. The van der Waals surface area contributed by atoms with Crippen LogP contribution in [0.15, 0.2) is 48.5 Å². The van der Waals surface area contributed by atoms with Crippen LogP contribution in [0.5, 0.6) is 0 Å². The van der Waals surface area contributed by atoms with Crippen molar-refractivity contribution < 1.29 is 23.1 Å². The smallest absolute Gasteiger partial charge is 0.304 e. The Bertz CT molecular complexity index is 1270. The molecule has 0 bridgehead atoms. The Hall–Kier alpha value is -2.09. The first-order valence-corrected chi connectivity index (χ1v) is 15.3. The van der Waals surface area contributed by atoms with Gasteiger partial charge in [-0.3, -0.25) is 9.59 Å². The number of likely N-dealkylation sites (tertiary alicyclic amines) is 1. The Morgan fingerprint density at radius 1 is 1.08 bits per heavy atom. The molecular weight excluding hydrogens is 545 g/mol. The number of nitrogens with zero attached hydrogens (tertiary/aromatic N) is 1. The lowest BCUT2D eigenvalue weighted by Crippen LogP contribution is -2.58. The van der Waals surface area contributed by atoms with Crippen LogP contribution >= 0.6 is 23.2 Å². The highest BCUT2D eigenvalue weighted by Crippen LogP contribution is 2.53. The largest absolute Gasteiger partial charge is 0.481 e. The molecule has 0 saturated carbocycles. The van der Waals surface area contributed by atoms with E-state index >= 15 is 0 Å². The number of piperidine rings is 1. The maximum Gasteiger partial charge on any atom is 0.304 e. The Morgan fingerprint density at radius 3 is 2.21 bits per heavy atom. The number of carboxylic acid groups (broad SMARTS) is 1. The molecule has 2 aromatic rings. The van der Waals surface area contributed by atoms with Gasteiger partial charge in [0.15, 0.2) is 9.84 Å². The number of sulfone groups is 1. The van der Waals surface area contributed by atoms with E-state index in [0.717, 1.165) is 11.1 Å². The van der Waals surface area contributed by atoms with Crippen LogP contribution in [0.25, 0.3) is 0 Å². The summed E-state index contributed by atoms with van der Waals surface area (Å²) in [6, 6.07) is 13.4. The van der Waals surface area contributed by atoms with Gasteiger partial charge in [0.2, 0.25) is 5.91 Å². The topological polar surface area (TPSA) is 91.8 Å². The summed E-state index contributed by atoms with van der Waals surface area (Å²) in [7, 11) is -3.60. The van der Waals surface area contributed by atoms with E-state index in [-0.39, 0.29) is 24.0 Å². The molecule has 3 rings (SSSR count). The van der Waals surface area contributed by atoms with Gasteiger partial charge < -0.3 is 10.0 Å². The molecule has 0 radical (unpaired) electrons. The third kappa shape index (κ3) is 6.21. The zero-order valence-electron chi connectivity index (χ0n) is 22.6. The molecule has 2 aromatic carbocycles. The molecule has 1 fully saturated rings. The average molecular weight is 583 g/mol. The lowest BCUT2D eigenvalue weighted by molar-refractivity contribution is -0.161. The maximum atomic E-state index is 14.5. The molecule has 4 atom stereocenters. The lowest BCUT2D eigenvalue weighted by atomic mass is 9.65. The first-order valence-electron chi connectivity index (χ1n) is 12.9. The molecule has 0 aromatic heterocycles. The Kier molecular flexibility index (Phi) is 9.27. The zero-order valence-corrected chi connectivity index (χ0v) is 24.9. The van der Waals surface area contributed by atoms with Crippen LogP contribution in [0.4, 0.5) is 0 Å². The van der Waals surface area contributed by atoms with Crippen LogP contribution in [-0.4, -0.2) is 46.8 Å². The second-order valence-electron chi connectivity index (χ2n) is 11.2. The molecule has 1 aliphatic rings. The molecule has 1 heterocycles. The third-order valence-corrected chi connectivity index (χ3v) is 11.0. The molecule has 6 nitrogen and oxygen atoms in total. The number of hydrogen-bond acceptors (Lipinski definition) is 4. The quantitative estimate of drug-likeness (QED) is 0.347. The first-order chi connectivity index (χ1) is 17.7. The average Bonchev–Trinajstić information content (AvgIpc) is 2.83. The summed E-state index contributed by atoms with van der Waals surface area (Å²) in [6.45, 7) is 8.64. The number of amides is 1. The lowest BCUT2D eigenvalue weighted by Gasteiger charge is -2.53. The van der Waals surface area contributed by atoms with Gasteiger partial charge in [0.05, 0.1) is 28.4 Å². The molecule has 38 heavy (non-hydrogen) atoms. The van der Waals surface area contributed by atoms with E-state index in [1.54, 1.807) is 43.9 Å². The summed E-state index contributed by atoms with van der Waals surface area (Å²) in [5, 5.41) is 10.9. The van der Waals surface area contributed by atoms with Gasteiger partial charge in [-0.25, -0.2) is 8.42 Å². The van der Waals surface area contributed by atoms with E-state index in [0.29, 0.717) is 29.3 Å². The monoisotopic (exact) mass is 581 g/mol. The SMILES string of the molecule is CCC(CS(=O)(=O)C(C)(C)C)N1C(=O)C(CC)(CC(=O)O)CC(c2cccc(Cl)c2)C1c1ccc(Cl)cc1. The Morgan fingerprint density at radius 2 is 1.71 bits per heavy atom. The fraction of sp³-hybridized carbons (Fsp3) is 0.517. The van der Waals surface area contributed by atoms with Crippen molar-refractivity contribution >= 4 is 44.9 Å². The third-order valence-electron chi connectivity index (χ3n) is 7.84. The number of carbonyl (C=O) groups excluding carboxylic acids is 1. The first kappa shape index (κ1) is 30.5. The van der Waals surface area contributed by atoms with Crippen LogP contribution in [0.3, 0.4) is 0 Å². The highest BCUT2D eigenvalue weighted by molar-refractivity contribution is 7.92. The van der Waals surface area contributed by atoms with Crippen LogP contribution in [0.1, 0.15) is 83.4 Å². The summed E-state index contributed by atoms with van der Waals surface area (Å²) in [4.78, 5) is 28.2. The van der Waals surface area contributed by atoms with Gasteiger partial charge in [-0.1, -0.05) is 61.3 Å². The molecule has 0 spiro atoms. The molecule has 1 N–H and O–H groups in total. The van der Waals surface area contributed by atoms with E-state index in [2.05, 4.69) is 0 Å². The van der Waals surface area contributed by atoms with Gasteiger partial charge in [0, 0.05) is 22.0 Å². The summed E-state index contributed by atoms with van der Waals surface area (Å²) in [5.74, 6) is -1.93. The number of benzene rings is 2. The van der Waals surface area contributed by atoms with Crippen LogP contribution in [0, 0.1) is 5.41 Å². The van der Waals surface area contributed by atoms with Gasteiger partial charge in [-0.05, 0) is 75.4 Å². The van der Waals surface area contributed by atoms with Crippen molar-refractivity contribution in [3.05, 3.63) is 69.7 Å². The van der Waals surface area contributed by atoms with E-state index in [1.807, 2.05) is 44.2 Å². The molecular formula is C29H37Cl2NO5S. The van der Waals surface area contributed by atoms with Crippen molar-refractivity contribution in [1.82, 2.24) is 4.90 Å². The predicted octanol–water partition coefficient (Wildman–Crippen LogP) is 6.91. The van der Waals surface area contributed by atoms with Crippen molar-refractivity contribution in [2.45, 2.75) is 83.1 Å². The van der Waals surface area contributed by atoms with Gasteiger partial charge in [0.25, 0.3) is 0 Å². The molecule has 208 valence electrons. The minimum absolute atomic E-state index is 0.224. The van der Waals surface area contributed by atoms with Crippen LogP contribution < -0.4 is 0 Å². The van der Waals surface area contributed by atoms with Crippen molar-refractivity contribution in [1.29, 1.82) is 0 Å². The highest BCUT2D eigenvalue weighted by atomic mass is 35.5. The number of halogens is 2. The molecule has 4 unspecified atom stereocenters. The number of rotatable bonds is 9. The fourth-order valence-corrected chi connectivity index (χ4v) is 7.18. The van der Waals surface area contributed by atoms with Gasteiger partial charge in [-0.2, -0.15) is 0 Å². The minimum Gasteiger partial charge on any atom is -0.481 e. The Labute approximate surface area is 236 Å². The summed E-state index contributed by atoms with van der Waals surface area (Å²) >= 11 is 12.6. The van der Waals surface area contributed by atoms with Crippen LogP contribution in [0.2, 0.25) is 10.0 Å². The summed E-state index contributed by atoms with van der Waals surface area (Å²) in [5.41, 5.74) is 0.478. The predicted molar refractivity (Wildman–Crippen MR) is 152 cm³/mol. The molecule has 1 aliphatic heterocycles. The van der Waals surface area contributed by atoms with Gasteiger partial charge in [0.1, 0.15) is 0 Å². The maximum absolute atomic E-state index is 14.5. The van der Waals surface area contributed by atoms with Crippen molar-refractivity contribution in [2.75, 3.05) is 5.75 Å².